The van der Waals surface area contributed by atoms with Crippen molar-refractivity contribution in [3.8, 4) is 0 Å². The number of hydrogen-bond acceptors (Lipinski definition) is 7. The van der Waals surface area contributed by atoms with Crippen molar-refractivity contribution in [2.75, 3.05) is 6.26 Å². The summed E-state index contributed by atoms with van der Waals surface area (Å²) in [6.45, 7) is 10.6. The van der Waals surface area contributed by atoms with Crippen molar-refractivity contribution in [3.05, 3.63) is 45.4 Å². The quantitative estimate of drug-likeness (QED) is 0.703. The summed E-state index contributed by atoms with van der Waals surface area (Å²) in [6.07, 6.45) is 2.00. The lowest BCUT2D eigenvalue weighted by Gasteiger charge is -2.24. The molecule has 1 aromatic heterocycles. The maximum atomic E-state index is 12.4. The van der Waals surface area contributed by atoms with Gasteiger partial charge in [0.1, 0.15) is 5.60 Å². The van der Waals surface area contributed by atoms with Gasteiger partial charge >= 0.3 is 6.09 Å². The number of hydrogen-bond donors (Lipinski definition) is 1. The minimum Gasteiger partial charge on any atom is -0.444 e. The SMILES string of the molecule is CC(C)(C)OC(=O)N1Cc2nc(C(=O)NCc3ccc(S(C)(=O)=O)cc3)sc2C1.CCC. The van der Waals surface area contributed by atoms with Gasteiger partial charge in [0.05, 0.1) is 23.7 Å². The Bertz CT molecular complexity index is 1030. The molecule has 1 aliphatic heterocycles. The molecule has 0 bridgehead atoms. The summed E-state index contributed by atoms with van der Waals surface area (Å²) in [5.41, 5.74) is 0.930. The molecule has 0 radical (unpaired) electrons. The van der Waals surface area contributed by atoms with Crippen molar-refractivity contribution in [2.24, 2.45) is 0 Å². The first-order valence-electron chi connectivity index (χ1n) is 10.4. The van der Waals surface area contributed by atoms with Crippen LogP contribution in [0.4, 0.5) is 4.79 Å². The van der Waals surface area contributed by atoms with Gasteiger partial charge in [-0.2, -0.15) is 0 Å². The van der Waals surface area contributed by atoms with Crippen molar-refractivity contribution >= 4 is 33.2 Å². The number of thiazole rings is 1. The van der Waals surface area contributed by atoms with Crippen LogP contribution in [0.15, 0.2) is 29.2 Å². The molecule has 1 aliphatic rings. The molecule has 3 rings (SSSR count). The lowest BCUT2D eigenvalue weighted by molar-refractivity contribution is 0.0241. The van der Waals surface area contributed by atoms with Gasteiger partial charge in [-0.1, -0.05) is 32.4 Å². The average molecular weight is 482 g/mol. The Balaban J connectivity index is 0.00000114. The molecule has 8 nitrogen and oxygen atoms in total. The van der Waals surface area contributed by atoms with E-state index in [2.05, 4.69) is 24.1 Å². The number of carbonyl (C=O) groups is 2. The Morgan fingerprint density at radius 2 is 1.75 bits per heavy atom. The van der Waals surface area contributed by atoms with Gasteiger partial charge in [-0.15, -0.1) is 11.3 Å². The third kappa shape index (κ3) is 7.30. The summed E-state index contributed by atoms with van der Waals surface area (Å²) in [6, 6.07) is 6.36. The molecule has 2 heterocycles. The Labute approximate surface area is 193 Å². The number of aromatic nitrogens is 1. The number of nitrogens with one attached hydrogen (secondary N) is 1. The van der Waals surface area contributed by atoms with E-state index < -0.39 is 21.5 Å². The summed E-state index contributed by atoms with van der Waals surface area (Å²) >= 11 is 1.26. The fourth-order valence-electron chi connectivity index (χ4n) is 2.71. The predicted octanol–water partition coefficient (Wildman–Crippen LogP) is 4.14. The average Bonchev–Trinajstić information content (AvgIpc) is 3.24. The number of amides is 2. The van der Waals surface area contributed by atoms with Crippen LogP contribution in [0.2, 0.25) is 0 Å². The number of carbonyl (C=O) groups excluding carboxylic acids is 2. The summed E-state index contributed by atoms with van der Waals surface area (Å²) < 4.78 is 28.3. The number of nitrogens with zero attached hydrogens (tertiary/aromatic N) is 2. The first kappa shape index (κ1) is 25.8. The Morgan fingerprint density at radius 3 is 2.25 bits per heavy atom. The van der Waals surface area contributed by atoms with Crippen LogP contribution in [-0.2, 0) is 34.2 Å². The highest BCUT2D eigenvalue weighted by Crippen LogP contribution is 2.29. The summed E-state index contributed by atoms with van der Waals surface area (Å²) in [5, 5.41) is 3.12. The zero-order chi connectivity index (χ0) is 24.1. The predicted molar refractivity (Wildman–Crippen MR) is 124 cm³/mol. The fourth-order valence-corrected chi connectivity index (χ4v) is 4.34. The molecule has 1 N–H and O–H groups in total. The zero-order valence-corrected chi connectivity index (χ0v) is 21.0. The number of benzene rings is 1. The standard InChI is InChI=1S/C19H23N3O5S2.C3H8/c1-19(2,3)27-18(24)22-10-14-15(11-22)28-17(21-14)16(23)20-9-12-5-7-13(8-6-12)29(4,25)26;1-3-2/h5-8H,9-11H2,1-4H3,(H,20,23);3H2,1-2H3. The van der Waals surface area contributed by atoms with E-state index in [0.29, 0.717) is 23.8 Å². The molecular weight excluding hydrogens is 450 g/mol. The summed E-state index contributed by atoms with van der Waals surface area (Å²) in [5.74, 6) is -0.305. The lowest BCUT2D eigenvalue weighted by atomic mass is 10.2. The maximum absolute atomic E-state index is 12.4. The summed E-state index contributed by atoms with van der Waals surface area (Å²) in [4.78, 5) is 31.6. The molecule has 0 atom stereocenters. The van der Waals surface area contributed by atoms with Crippen LogP contribution in [0.5, 0.6) is 0 Å². The highest BCUT2D eigenvalue weighted by atomic mass is 32.2. The van der Waals surface area contributed by atoms with Crippen molar-refractivity contribution < 1.29 is 22.7 Å². The molecule has 10 heteroatoms. The Kier molecular flexibility index (Phi) is 8.41. The Morgan fingerprint density at radius 1 is 1.16 bits per heavy atom. The fraction of sp³-hybridized carbons (Fsp3) is 0.500. The van der Waals surface area contributed by atoms with Crippen LogP contribution in [0, 0.1) is 0 Å². The second kappa shape index (κ2) is 10.4. The lowest BCUT2D eigenvalue weighted by Crippen LogP contribution is -2.33. The second-order valence-corrected chi connectivity index (χ2v) is 11.6. The van der Waals surface area contributed by atoms with Gasteiger partial charge in [-0.25, -0.2) is 18.2 Å². The van der Waals surface area contributed by atoms with E-state index in [9.17, 15) is 18.0 Å². The largest absolute Gasteiger partial charge is 0.444 e. The van der Waals surface area contributed by atoms with Crippen LogP contribution in [-0.4, -0.2) is 42.2 Å². The van der Waals surface area contributed by atoms with Crippen LogP contribution >= 0.6 is 11.3 Å². The number of fused-ring (bicyclic) bond motifs is 1. The van der Waals surface area contributed by atoms with Gasteiger partial charge in [0.2, 0.25) is 0 Å². The van der Waals surface area contributed by atoms with Gasteiger partial charge in [-0.3, -0.25) is 9.69 Å². The van der Waals surface area contributed by atoms with Crippen LogP contribution in [0.25, 0.3) is 0 Å². The van der Waals surface area contributed by atoms with E-state index >= 15 is 0 Å². The van der Waals surface area contributed by atoms with Crippen molar-refractivity contribution in [1.29, 1.82) is 0 Å². The normalized spacial score (nSPS) is 13.1. The van der Waals surface area contributed by atoms with Crippen LogP contribution in [0.1, 0.15) is 67.0 Å². The number of sulfone groups is 1. The highest BCUT2D eigenvalue weighted by molar-refractivity contribution is 7.90. The van der Waals surface area contributed by atoms with Crippen LogP contribution < -0.4 is 5.32 Å². The van der Waals surface area contributed by atoms with E-state index in [1.807, 2.05) is 20.8 Å². The molecule has 0 spiro atoms. The van der Waals surface area contributed by atoms with E-state index in [4.69, 9.17) is 4.74 Å². The topological polar surface area (TPSA) is 106 Å². The van der Waals surface area contributed by atoms with Gasteiger partial charge in [0.25, 0.3) is 5.91 Å². The molecule has 0 fully saturated rings. The first-order valence-corrected chi connectivity index (χ1v) is 13.1. The molecule has 2 amide bonds. The van der Waals surface area contributed by atoms with Gasteiger partial charge in [0, 0.05) is 17.7 Å². The zero-order valence-electron chi connectivity index (χ0n) is 19.4. The molecule has 176 valence electrons. The molecule has 0 aliphatic carbocycles. The van der Waals surface area contributed by atoms with E-state index in [1.54, 1.807) is 17.0 Å². The van der Waals surface area contributed by atoms with Crippen LogP contribution in [0.3, 0.4) is 0 Å². The van der Waals surface area contributed by atoms with Crippen molar-refractivity contribution in [2.45, 2.75) is 71.2 Å². The molecule has 0 saturated carbocycles. The molecular formula is C22H31N3O5S2. The number of ether oxygens (including phenoxy) is 1. The Hall–Kier alpha value is -2.46. The minimum absolute atomic E-state index is 0.235. The highest BCUT2D eigenvalue weighted by Gasteiger charge is 2.31. The second-order valence-electron chi connectivity index (χ2n) is 8.53. The third-order valence-electron chi connectivity index (χ3n) is 4.10. The monoisotopic (exact) mass is 481 g/mol. The molecule has 0 unspecified atom stereocenters. The van der Waals surface area contributed by atoms with E-state index in [-0.39, 0.29) is 17.3 Å². The number of rotatable bonds is 4. The maximum Gasteiger partial charge on any atom is 0.410 e. The molecule has 1 aromatic carbocycles. The van der Waals surface area contributed by atoms with Gasteiger partial charge in [-0.05, 0) is 38.5 Å². The molecule has 32 heavy (non-hydrogen) atoms. The van der Waals surface area contributed by atoms with Crippen molar-refractivity contribution in [3.63, 3.8) is 0 Å². The summed E-state index contributed by atoms with van der Waals surface area (Å²) in [7, 11) is -3.25. The third-order valence-corrected chi connectivity index (χ3v) is 6.31. The first-order chi connectivity index (χ1) is 14.8. The van der Waals surface area contributed by atoms with Gasteiger partial charge < -0.3 is 10.1 Å². The van der Waals surface area contributed by atoms with Gasteiger partial charge in [0.15, 0.2) is 14.8 Å². The van der Waals surface area contributed by atoms with Crippen molar-refractivity contribution in [1.82, 2.24) is 15.2 Å². The minimum atomic E-state index is -3.25. The van der Waals surface area contributed by atoms with E-state index in [1.165, 1.54) is 29.9 Å². The molecule has 2 aromatic rings. The smallest absolute Gasteiger partial charge is 0.410 e. The molecule has 0 saturated heterocycles. The van der Waals surface area contributed by atoms with E-state index in [0.717, 1.165) is 16.7 Å².